The molecule has 0 aliphatic carbocycles. The van der Waals surface area contributed by atoms with Crippen LogP contribution in [0.3, 0.4) is 0 Å². The summed E-state index contributed by atoms with van der Waals surface area (Å²) >= 11 is 0. The van der Waals surface area contributed by atoms with Crippen LogP contribution in [-0.4, -0.2) is 56.9 Å². The lowest BCUT2D eigenvalue weighted by molar-refractivity contribution is 0.206. The van der Waals surface area contributed by atoms with Crippen LogP contribution in [0.1, 0.15) is 46.0 Å². The Bertz CT molecular complexity index is 287. The van der Waals surface area contributed by atoms with Crippen molar-refractivity contribution in [3.63, 3.8) is 0 Å². The van der Waals surface area contributed by atoms with Gasteiger partial charge in [-0.3, -0.25) is 0 Å². The van der Waals surface area contributed by atoms with Gasteiger partial charge in [0, 0.05) is 28.4 Å². The molecule has 0 fully saturated rings. The minimum Gasteiger partial charge on any atom is -0.397 e. The predicted octanol–water partition coefficient (Wildman–Crippen LogP) is 3.11. The summed E-state index contributed by atoms with van der Waals surface area (Å²) in [6, 6.07) is 0. The smallest absolute Gasteiger partial charge is 0.351 e. The molecule has 0 rings (SSSR count). The third-order valence-corrected chi connectivity index (χ3v) is 11.6. The fourth-order valence-corrected chi connectivity index (χ4v) is 6.83. The van der Waals surface area contributed by atoms with Crippen molar-refractivity contribution >= 4 is 17.1 Å². The highest BCUT2D eigenvalue weighted by atomic mass is 28.4. The Morgan fingerprint density at radius 1 is 0.773 bits per heavy atom. The lowest BCUT2D eigenvalue weighted by Gasteiger charge is -2.39. The maximum Gasteiger partial charge on any atom is 0.351 e. The van der Waals surface area contributed by atoms with Crippen LogP contribution in [0.25, 0.3) is 0 Å². The van der Waals surface area contributed by atoms with E-state index >= 15 is 0 Å². The minimum atomic E-state index is -2.26. The molecule has 2 unspecified atom stereocenters. The Morgan fingerprint density at radius 2 is 1.23 bits per heavy atom. The van der Waals surface area contributed by atoms with Crippen LogP contribution in [0, 0.1) is 0 Å². The molecule has 0 aromatic carbocycles. The van der Waals surface area contributed by atoms with Crippen LogP contribution in [0.15, 0.2) is 0 Å². The first-order valence-corrected chi connectivity index (χ1v) is 13.1. The van der Waals surface area contributed by atoms with Gasteiger partial charge < -0.3 is 23.0 Å². The van der Waals surface area contributed by atoms with Gasteiger partial charge in [-0.1, -0.05) is 33.1 Å². The topological polar surface area (TPSA) is 49.0 Å². The van der Waals surface area contributed by atoms with Crippen LogP contribution in [0.4, 0.5) is 0 Å². The Morgan fingerprint density at radius 3 is 1.59 bits per heavy atom. The maximum absolute atomic E-state index is 5.79. The Hall–Kier alpha value is 0.234. The first kappa shape index (κ1) is 22.2. The van der Waals surface area contributed by atoms with Gasteiger partial charge in [0.05, 0.1) is 11.3 Å². The normalized spacial score (nSPS) is 15.8. The van der Waals surface area contributed by atoms with Crippen molar-refractivity contribution in [1.82, 2.24) is 5.32 Å². The molecule has 0 radical (unpaired) electrons. The van der Waals surface area contributed by atoms with Crippen LogP contribution >= 0.6 is 0 Å². The van der Waals surface area contributed by atoms with Gasteiger partial charge in [0.15, 0.2) is 0 Å². The Balaban J connectivity index is 5.15. The quantitative estimate of drug-likeness (QED) is 0.408. The Kier molecular flexibility index (Phi) is 11.0. The summed E-state index contributed by atoms with van der Waals surface area (Å²) in [5, 5.41) is 3.77. The molecule has 0 aromatic rings. The average Bonchev–Trinajstić information content (AvgIpc) is 2.56. The minimum absolute atomic E-state index is 0.214. The maximum atomic E-state index is 5.79. The average molecular weight is 352 g/mol. The van der Waals surface area contributed by atoms with Gasteiger partial charge in [-0.2, -0.15) is 0 Å². The third kappa shape index (κ3) is 6.03. The highest BCUT2D eigenvalue weighted by molar-refractivity contribution is 6.69. The first-order chi connectivity index (χ1) is 10.4. The SMILES string of the molecule is CCCCCC(NC(CC)[Si](C)(OC)OC)[Si](C)(OC)OC. The number of hydrogen-bond donors (Lipinski definition) is 1. The highest BCUT2D eigenvalue weighted by Crippen LogP contribution is 2.21. The van der Waals surface area contributed by atoms with E-state index in [1.54, 1.807) is 28.4 Å². The van der Waals surface area contributed by atoms with E-state index in [2.05, 4.69) is 32.3 Å². The summed E-state index contributed by atoms with van der Waals surface area (Å²) < 4.78 is 23.1. The molecule has 2 atom stereocenters. The second-order valence-electron chi connectivity index (χ2n) is 6.02. The van der Waals surface area contributed by atoms with Gasteiger partial charge in [0.25, 0.3) is 0 Å². The zero-order valence-corrected chi connectivity index (χ0v) is 17.8. The number of unbranched alkanes of at least 4 members (excludes halogenated alkanes) is 2. The van der Waals surface area contributed by atoms with Crippen molar-refractivity contribution in [2.45, 2.75) is 70.4 Å². The first-order valence-electron chi connectivity index (χ1n) is 8.33. The van der Waals surface area contributed by atoms with Crippen LogP contribution < -0.4 is 5.32 Å². The van der Waals surface area contributed by atoms with Crippen molar-refractivity contribution < 1.29 is 17.7 Å². The molecule has 0 aromatic heterocycles. The summed E-state index contributed by atoms with van der Waals surface area (Å²) in [6.07, 6.45) is 5.65. The number of rotatable bonds is 13. The molecule has 5 nitrogen and oxygen atoms in total. The zero-order chi connectivity index (χ0) is 17.2. The number of nitrogens with one attached hydrogen (secondary N) is 1. The highest BCUT2D eigenvalue weighted by Gasteiger charge is 2.45. The van der Waals surface area contributed by atoms with Crippen molar-refractivity contribution in [1.29, 1.82) is 0 Å². The lowest BCUT2D eigenvalue weighted by atomic mass is 10.2. The van der Waals surface area contributed by atoms with Crippen molar-refractivity contribution in [2.24, 2.45) is 0 Å². The fraction of sp³-hybridized carbons (Fsp3) is 1.00. The monoisotopic (exact) mass is 351 g/mol. The molecule has 7 heteroatoms. The molecule has 0 amide bonds. The molecule has 0 aliphatic heterocycles. The molecular weight excluding hydrogens is 314 g/mol. The molecule has 0 heterocycles. The molecule has 0 aliphatic rings. The van der Waals surface area contributed by atoms with E-state index < -0.39 is 17.1 Å². The Labute approximate surface area is 139 Å². The van der Waals surface area contributed by atoms with E-state index in [0.717, 1.165) is 12.8 Å². The molecule has 0 bridgehead atoms. The lowest BCUT2D eigenvalue weighted by Crippen LogP contribution is -2.65. The molecule has 22 heavy (non-hydrogen) atoms. The van der Waals surface area contributed by atoms with Gasteiger partial charge in [-0.15, -0.1) is 0 Å². The van der Waals surface area contributed by atoms with Gasteiger partial charge >= 0.3 is 17.1 Å². The summed E-state index contributed by atoms with van der Waals surface area (Å²) in [5.41, 5.74) is 0.447. The molecular formula is C15H37NO4Si2. The predicted molar refractivity (Wildman–Crippen MR) is 96.4 cm³/mol. The van der Waals surface area contributed by atoms with E-state index in [4.69, 9.17) is 17.7 Å². The molecule has 0 saturated heterocycles. The van der Waals surface area contributed by atoms with Crippen molar-refractivity contribution in [3.8, 4) is 0 Å². The van der Waals surface area contributed by atoms with E-state index in [1.165, 1.54) is 19.3 Å². The summed E-state index contributed by atoms with van der Waals surface area (Å²) in [5.74, 6) is 0. The van der Waals surface area contributed by atoms with Crippen LogP contribution in [0.2, 0.25) is 13.1 Å². The van der Waals surface area contributed by atoms with Crippen molar-refractivity contribution in [2.75, 3.05) is 28.4 Å². The number of hydrogen-bond acceptors (Lipinski definition) is 5. The molecule has 134 valence electrons. The second-order valence-corrected chi connectivity index (χ2v) is 13.1. The van der Waals surface area contributed by atoms with Gasteiger partial charge in [0.1, 0.15) is 0 Å². The largest absolute Gasteiger partial charge is 0.397 e. The van der Waals surface area contributed by atoms with E-state index in [1.807, 2.05) is 0 Å². The van der Waals surface area contributed by atoms with E-state index in [9.17, 15) is 0 Å². The van der Waals surface area contributed by atoms with Gasteiger partial charge in [0.2, 0.25) is 0 Å². The van der Waals surface area contributed by atoms with E-state index in [-0.39, 0.29) is 11.3 Å². The summed E-state index contributed by atoms with van der Waals surface area (Å²) in [6.45, 7) is 8.63. The van der Waals surface area contributed by atoms with Crippen LogP contribution in [0.5, 0.6) is 0 Å². The van der Waals surface area contributed by atoms with Crippen molar-refractivity contribution in [3.05, 3.63) is 0 Å². The summed E-state index contributed by atoms with van der Waals surface area (Å²) in [7, 11) is 2.51. The fourth-order valence-electron chi connectivity index (χ4n) is 2.71. The van der Waals surface area contributed by atoms with Crippen LogP contribution in [-0.2, 0) is 17.7 Å². The molecule has 0 spiro atoms. The van der Waals surface area contributed by atoms with Gasteiger partial charge in [-0.25, -0.2) is 0 Å². The standard InChI is InChI=1S/C15H37NO4Si2/c1-9-11-12-13-15(22(8,19-5)20-6)16-14(10-2)21(7,17-3)18-4/h14-16H,9-13H2,1-8H3. The van der Waals surface area contributed by atoms with Gasteiger partial charge in [-0.05, 0) is 25.9 Å². The second kappa shape index (κ2) is 10.9. The summed E-state index contributed by atoms with van der Waals surface area (Å²) in [4.78, 5) is 0. The van der Waals surface area contributed by atoms with E-state index in [0.29, 0.717) is 0 Å². The third-order valence-electron chi connectivity index (χ3n) is 4.79. The molecule has 0 saturated carbocycles. The zero-order valence-electron chi connectivity index (χ0n) is 15.8. The molecule has 1 N–H and O–H groups in total.